The van der Waals surface area contributed by atoms with E-state index >= 15 is 0 Å². The zero-order valence-corrected chi connectivity index (χ0v) is 9.39. The first-order chi connectivity index (χ1) is 8.84. The van der Waals surface area contributed by atoms with E-state index in [0.29, 0.717) is 0 Å². The predicted molar refractivity (Wildman–Crippen MR) is 58.6 cm³/mol. The number of carbonyl (C=O) groups excluding carboxylic acids is 1. The molecule has 0 radical (unpaired) electrons. The van der Waals surface area contributed by atoms with Crippen molar-refractivity contribution in [2.45, 2.75) is 12.2 Å². The molecule has 8 heteroatoms. The number of hydrogen-bond donors (Lipinski definition) is 4. The van der Waals surface area contributed by atoms with Gasteiger partial charge >= 0.3 is 17.9 Å². The van der Waals surface area contributed by atoms with Crippen LogP contribution in [0, 0.1) is 0 Å². The van der Waals surface area contributed by atoms with Crippen molar-refractivity contribution in [2.24, 2.45) is 0 Å². The van der Waals surface area contributed by atoms with Gasteiger partial charge < -0.3 is 25.2 Å². The lowest BCUT2D eigenvalue weighted by Crippen LogP contribution is -2.43. The number of aromatic hydroxyl groups is 1. The molecule has 2 atom stereocenters. The molecule has 1 aromatic rings. The number of ether oxygens (including phenoxy) is 1. The van der Waals surface area contributed by atoms with Gasteiger partial charge in [0.05, 0.1) is 0 Å². The smallest absolute Gasteiger partial charge is 0.348 e. The fourth-order valence-corrected chi connectivity index (χ4v) is 1.20. The Kier molecular flexibility index (Phi) is 4.43. The first-order valence-electron chi connectivity index (χ1n) is 4.97. The van der Waals surface area contributed by atoms with Crippen LogP contribution in [0.4, 0.5) is 0 Å². The summed E-state index contributed by atoms with van der Waals surface area (Å²) in [5.41, 5.74) is -0.341. The molecule has 19 heavy (non-hydrogen) atoms. The number of carboxylic acid groups (broad SMARTS) is 2. The van der Waals surface area contributed by atoms with Crippen LogP contribution in [0.3, 0.4) is 0 Å². The Bertz CT molecular complexity index is 509. The fourth-order valence-electron chi connectivity index (χ4n) is 1.20. The number of hydrogen-bond acceptors (Lipinski definition) is 6. The highest BCUT2D eigenvalue weighted by Gasteiger charge is 2.36. The van der Waals surface area contributed by atoms with Gasteiger partial charge in [0.15, 0.2) is 6.10 Å². The number of aliphatic carboxylic acids is 2. The summed E-state index contributed by atoms with van der Waals surface area (Å²) in [7, 11) is 0. The first kappa shape index (κ1) is 14.5. The molecule has 0 amide bonds. The minimum absolute atomic E-state index is 0.341. The summed E-state index contributed by atoms with van der Waals surface area (Å²) >= 11 is 0. The number of phenols is 1. The number of rotatable bonds is 5. The molecule has 2 unspecified atom stereocenters. The van der Waals surface area contributed by atoms with Crippen molar-refractivity contribution in [3.63, 3.8) is 0 Å². The molecule has 102 valence electrons. The standard InChI is InChI=1S/C11H10O8/c12-6-4-2-1-3-5(6)11(18)19-8(10(16)17)7(13)9(14)15/h1-4,7-8,12-13H,(H,14,15)(H,16,17). The monoisotopic (exact) mass is 270 g/mol. The molecular formula is C11H10O8. The van der Waals surface area contributed by atoms with Gasteiger partial charge in [-0.15, -0.1) is 0 Å². The van der Waals surface area contributed by atoms with E-state index in [2.05, 4.69) is 4.74 Å². The van der Waals surface area contributed by atoms with E-state index in [1.807, 2.05) is 0 Å². The van der Waals surface area contributed by atoms with Gasteiger partial charge in [-0.05, 0) is 12.1 Å². The molecule has 0 aliphatic carbocycles. The molecule has 1 aromatic carbocycles. The number of aliphatic hydroxyl groups excluding tert-OH is 1. The van der Waals surface area contributed by atoms with Crippen molar-refractivity contribution < 1.29 is 39.5 Å². The summed E-state index contributed by atoms with van der Waals surface area (Å²) in [4.78, 5) is 32.8. The molecule has 0 aliphatic heterocycles. The molecule has 0 fully saturated rings. The van der Waals surface area contributed by atoms with Crippen LogP contribution in [0.15, 0.2) is 24.3 Å². The minimum atomic E-state index is -2.41. The van der Waals surface area contributed by atoms with Crippen molar-refractivity contribution in [3.8, 4) is 5.75 Å². The van der Waals surface area contributed by atoms with Crippen molar-refractivity contribution in [1.29, 1.82) is 0 Å². The van der Waals surface area contributed by atoms with Gasteiger partial charge in [-0.25, -0.2) is 14.4 Å². The lowest BCUT2D eigenvalue weighted by molar-refractivity contribution is -0.166. The fraction of sp³-hybridized carbons (Fsp3) is 0.182. The van der Waals surface area contributed by atoms with Crippen molar-refractivity contribution in [2.75, 3.05) is 0 Å². The van der Waals surface area contributed by atoms with E-state index in [1.54, 1.807) is 0 Å². The molecule has 4 N–H and O–H groups in total. The van der Waals surface area contributed by atoms with Crippen LogP contribution in [0.1, 0.15) is 10.4 Å². The van der Waals surface area contributed by atoms with Gasteiger partial charge in [-0.1, -0.05) is 12.1 Å². The average molecular weight is 270 g/mol. The van der Waals surface area contributed by atoms with Crippen molar-refractivity contribution >= 4 is 17.9 Å². The molecule has 1 rings (SSSR count). The zero-order valence-electron chi connectivity index (χ0n) is 9.39. The van der Waals surface area contributed by atoms with Crippen molar-refractivity contribution in [1.82, 2.24) is 0 Å². The average Bonchev–Trinajstić information content (AvgIpc) is 2.34. The van der Waals surface area contributed by atoms with Gasteiger partial charge in [0.25, 0.3) is 0 Å². The lowest BCUT2D eigenvalue weighted by Gasteiger charge is -2.16. The topological polar surface area (TPSA) is 141 Å². The molecule has 0 spiro atoms. The molecular weight excluding hydrogens is 260 g/mol. The molecule has 0 saturated carbocycles. The van der Waals surface area contributed by atoms with Gasteiger partial charge in [-0.2, -0.15) is 0 Å². The zero-order chi connectivity index (χ0) is 14.6. The van der Waals surface area contributed by atoms with Crippen LogP contribution in [0.25, 0.3) is 0 Å². The second kappa shape index (κ2) is 5.83. The van der Waals surface area contributed by atoms with Gasteiger partial charge in [0, 0.05) is 0 Å². The third-order valence-corrected chi connectivity index (χ3v) is 2.14. The molecule has 0 saturated heterocycles. The second-order valence-electron chi connectivity index (χ2n) is 3.46. The van der Waals surface area contributed by atoms with Gasteiger partial charge in [0.2, 0.25) is 6.10 Å². The quantitative estimate of drug-likeness (QED) is 0.522. The molecule has 0 aliphatic rings. The largest absolute Gasteiger partial charge is 0.507 e. The maximum absolute atomic E-state index is 11.6. The summed E-state index contributed by atoms with van der Waals surface area (Å²) in [6.07, 6.45) is -4.68. The highest BCUT2D eigenvalue weighted by molar-refractivity contribution is 5.94. The molecule has 8 nitrogen and oxygen atoms in total. The molecule has 0 heterocycles. The Labute approximate surface area is 106 Å². The third kappa shape index (κ3) is 3.42. The maximum atomic E-state index is 11.6. The SMILES string of the molecule is O=C(OC(C(=O)O)C(O)C(=O)O)c1ccccc1O. The van der Waals surface area contributed by atoms with E-state index in [9.17, 15) is 19.5 Å². The normalized spacial score (nSPS) is 13.3. The van der Waals surface area contributed by atoms with Crippen LogP contribution < -0.4 is 0 Å². The summed E-state index contributed by atoms with van der Waals surface area (Å²) in [5, 5.41) is 35.6. The summed E-state index contributed by atoms with van der Waals surface area (Å²) in [6.45, 7) is 0. The number of aliphatic hydroxyl groups is 1. The minimum Gasteiger partial charge on any atom is -0.507 e. The third-order valence-electron chi connectivity index (χ3n) is 2.14. The number of carbonyl (C=O) groups is 3. The number of para-hydroxylation sites is 1. The van der Waals surface area contributed by atoms with Crippen LogP contribution in [0.5, 0.6) is 5.75 Å². The lowest BCUT2D eigenvalue weighted by atomic mass is 10.2. The second-order valence-corrected chi connectivity index (χ2v) is 3.46. The van der Waals surface area contributed by atoms with Gasteiger partial charge in [0.1, 0.15) is 11.3 Å². The van der Waals surface area contributed by atoms with E-state index in [0.717, 1.165) is 6.07 Å². The maximum Gasteiger partial charge on any atom is 0.348 e. The highest BCUT2D eigenvalue weighted by Crippen LogP contribution is 2.18. The summed E-state index contributed by atoms with van der Waals surface area (Å²) in [5.74, 6) is -5.39. The van der Waals surface area contributed by atoms with Gasteiger partial charge in [-0.3, -0.25) is 0 Å². The van der Waals surface area contributed by atoms with E-state index < -0.39 is 35.9 Å². The van der Waals surface area contributed by atoms with Crippen LogP contribution in [0.2, 0.25) is 0 Å². The Morgan fingerprint density at radius 3 is 2.11 bits per heavy atom. The molecule has 0 aromatic heterocycles. The number of esters is 1. The molecule has 0 bridgehead atoms. The summed E-state index contributed by atoms with van der Waals surface area (Å²) < 4.78 is 4.37. The van der Waals surface area contributed by atoms with Crippen LogP contribution >= 0.6 is 0 Å². The summed E-state index contributed by atoms with van der Waals surface area (Å²) in [6, 6.07) is 5.14. The van der Waals surface area contributed by atoms with Crippen LogP contribution in [-0.2, 0) is 14.3 Å². The van der Waals surface area contributed by atoms with Crippen molar-refractivity contribution in [3.05, 3.63) is 29.8 Å². The highest BCUT2D eigenvalue weighted by atomic mass is 16.6. The van der Waals surface area contributed by atoms with E-state index in [4.69, 9.17) is 15.3 Å². The Hall–Kier alpha value is -2.61. The number of carboxylic acids is 2. The van der Waals surface area contributed by atoms with E-state index in [1.165, 1.54) is 18.2 Å². The Morgan fingerprint density at radius 1 is 1.05 bits per heavy atom. The predicted octanol–water partition coefficient (Wildman–Crippen LogP) is -0.552. The van der Waals surface area contributed by atoms with E-state index in [-0.39, 0.29) is 5.56 Å². The first-order valence-corrected chi connectivity index (χ1v) is 4.97. The Balaban J connectivity index is 2.92. The number of benzene rings is 1. The Morgan fingerprint density at radius 2 is 1.63 bits per heavy atom. The number of phenolic OH excluding ortho intramolecular Hbond substituents is 1. The van der Waals surface area contributed by atoms with Crippen LogP contribution in [-0.4, -0.2) is 50.5 Å².